The molecule has 0 aliphatic carbocycles. The van der Waals surface area contributed by atoms with Gasteiger partial charge < -0.3 is 20.6 Å². The molecule has 0 spiro atoms. The van der Waals surface area contributed by atoms with Gasteiger partial charge in [0.1, 0.15) is 5.52 Å². The molecular weight excluding hydrogens is 268 g/mol. The van der Waals surface area contributed by atoms with Gasteiger partial charge in [0, 0.05) is 35.6 Å². The molecule has 3 aromatic rings. The van der Waals surface area contributed by atoms with Crippen molar-refractivity contribution in [3.63, 3.8) is 0 Å². The summed E-state index contributed by atoms with van der Waals surface area (Å²) in [6, 6.07) is 7.46. The van der Waals surface area contributed by atoms with E-state index in [4.69, 9.17) is 0 Å². The number of fused-ring (bicyclic) bond motifs is 3. The van der Waals surface area contributed by atoms with E-state index in [2.05, 4.69) is 20.6 Å². The fourth-order valence-corrected chi connectivity index (χ4v) is 2.45. The summed E-state index contributed by atoms with van der Waals surface area (Å²) in [7, 11) is 1.82. The molecule has 6 nitrogen and oxygen atoms in total. The number of nitrogens with one attached hydrogen (secondary N) is 4. The summed E-state index contributed by atoms with van der Waals surface area (Å²) in [4.78, 5) is 30.0. The topological polar surface area (TPSA) is 89.8 Å². The monoisotopic (exact) mass is 284 g/mol. The SMILES string of the molecule is CNCCNC(=O)c1c[nH]c2c(=O)[nH]c3ccccc3c12. The van der Waals surface area contributed by atoms with Crippen molar-refractivity contribution >= 4 is 27.7 Å². The molecule has 0 radical (unpaired) electrons. The first kappa shape index (κ1) is 13.4. The first-order chi connectivity index (χ1) is 10.2. The number of benzene rings is 1. The lowest BCUT2D eigenvalue weighted by atomic mass is 10.1. The molecule has 3 rings (SSSR count). The van der Waals surface area contributed by atoms with Crippen molar-refractivity contribution in [2.24, 2.45) is 0 Å². The van der Waals surface area contributed by atoms with Crippen LogP contribution in [0.15, 0.2) is 35.3 Å². The first-order valence-electron chi connectivity index (χ1n) is 6.77. The zero-order valence-electron chi connectivity index (χ0n) is 11.6. The van der Waals surface area contributed by atoms with Crippen molar-refractivity contribution in [2.75, 3.05) is 20.1 Å². The van der Waals surface area contributed by atoms with Crippen molar-refractivity contribution in [2.45, 2.75) is 0 Å². The highest BCUT2D eigenvalue weighted by atomic mass is 16.1. The molecule has 0 aliphatic rings. The number of likely N-dealkylation sites (N-methyl/N-ethyl adjacent to an activating group) is 1. The summed E-state index contributed by atoms with van der Waals surface area (Å²) in [6.45, 7) is 1.22. The number of rotatable bonds is 4. The summed E-state index contributed by atoms with van der Waals surface area (Å²) >= 11 is 0. The second-order valence-electron chi connectivity index (χ2n) is 4.81. The summed E-state index contributed by atoms with van der Waals surface area (Å²) in [5.74, 6) is -0.188. The van der Waals surface area contributed by atoms with Gasteiger partial charge in [0.15, 0.2) is 0 Å². The molecule has 2 heterocycles. The zero-order chi connectivity index (χ0) is 14.8. The van der Waals surface area contributed by atoms with Crippen molar-refractivity contribution in [1.82, 2.24) is 20.6 Å². The average molecular weight is 284 g/mol. The number of aromatic amines is 2. The van der Waals surface area contributed by atoms with Gasteiger partial charge in [0.05, 0.1) is 5.56 Å². The average Bonchev–Trinajstić information content (AvgIpc) is 2.93. The quantitative estimate of drug-likeness (QED) is 0.538. The van der Waals surface area contributed by atoms with Crippen LogP contribution in [-0.2, 0) is 0 Å². The molecule has 0 saturated carbocycles. The zero-order valence-corrected chi connectivity index (χ0v) is 11.6. The molecule has 0 unspecified atom stereocenters. The van der Waals surface area contributed by atoms with Gasteiger partial charge in [-0.05, 0) is 13.1 Å². The van der Waals surface area contributed by atoms with Gasteiger partial charge in [-0.15, -0.1) is 0 Å². The summed E-state index contributed by atoms with van der Waals surface area (Å²) in [5.41, 5.74) is 1.41. The van der Waals surface area contributed by atoms with E-state index in [1.807, 2.05) is 31.3 Å². The van der Waals surface area contributed by atoms with Crippen LogP contribution >= 0.6 is 0 Å². The Morgan fingerprint density at radius 1 is 1.24 bits per heavy atom. The number of amides is 1. The predicted molar refractivity (Wildman–Crippen MR) is 82.7 cm³/mol. The molecule has 1 amide bonds. The Hall–Kier alpha value is -2.60. The smallest absolute Gasteiger partial charge is 0.272 e. The van der Waals surface area contributed by atoms with Crippen LogP contribution in [-0.4, -0.2) is 36.0 Å². The van der Waals surface area contributed by atoms with E-state index < -0.39 is 0 Å². The highest BCUT2D eigenvalue weighted by Gasteiger charge is 2.16. The van der Waals surface area contributed by atoms with Gasteiger partial charge in [-0.1, -0.05) is 18.2 Å². The molecule has 0 bridgehead atoms. The van der Waals surface area contributed by atoms with E-state index in [-0.39, 0.29) is 11.5 Å². The maximum atomic E-state index is 12.3. The lowest BCUT2D eigenvalue weighted by Gasteiger charge is -2.05. The Balaban J connectivity index is 2.16. The third kappa shape index (κ3) is 2.30. The van der Waals surface area contributed by atoms with E-state index >= 15 is 0 Å². The van der Waals surface area contributed by atoms with Crippen molar-refractivity contribution in [3.8, 4) is 0 Å². The minimum atomic E-state index is -0.224. The van der Waals surface area contributed by atoms with Crippen LogP contribution in [0, 0.1) is 0 Å². The Kier molecular flexibility index (Phi) is 3.45. The van der Waals surface area contributed by atoms with Crippen LogP contribution in [0.3, 0.4) is 0 Å². The maximum absolute atomic E-state index is 12.3. The third-order valence-electron chi connectivity index (χ3n) is 3.46. The lowest BCUT2D eigenvalue weighted by molar-refractivity contribution is 0.0956. The maximum Gasteiger partial charge on any atom is 0.272 e. The van der Waals surface area contributed by atoms with Gasteiger partial charge in [-0.2, -0.15) is 0 Å². The van der Waals surface area contributed by atoms with Gasteiger partial charge in [-0.3, -0.25) is 9.59 Å². The van der Waals surface area contributed by atoms with Gasteiger partial charge in [0.25, 0.3) is 11.5 Å². The molecule has 21 heavy (non-hydrogen) atoms. The predicted octanol–water partition coefficient (Wildman–Crippen LogP) is 0.959. The van der Waals surface area contributed by atoms with E-state index in [0.29, 0.717) is 29.6 Å². The Bertz CT molecular complexity index is 863. The van der Waals surface area contributed by atoms with E-state index in [9.17, 15) is 9.59 Å². The molecule has 0 fully saturated rings. The summed E-state index contributed by atoms with van der Waals surface area (Å²) < 4.78 is 0. The number of aromatic nitrogens is 2. The molecule has 6 heteroatoms. The van der Waals surface area contributed by atoms with Gasteiger partial charge in [-0.25, -0.2) is 0 Å². The van der Waals surface area contributed by atoms with E-state index in [0.717, 1.165) is 10.9 Å². The highest BCUT2D eigenvalue weighted by molar-refractivity contribution is 6.16. The van der Waals surface area contributed by atoms with Crippen LogP contribution in [0.5, 0.6) is 0 Å². The molecule has 4 N–H and O–H groups in total. The number of hydrogen-bond donors (Lipinski definition) is 4. The van der Waals surface area contributed by atoms with Crippen molar-refractivity contribution in [3.05, 3.63) is 46.4 Å². The van der Waals surface area contributed by atoms with Crippen LogP contribution in [0.4, 0.5) is 0 Å². The third-order valence-corrected chi connectivity index (χ3v) is 3.46. The number of hydrogen-bond acceptors (Lipinski definition) is 3. The normalized spacial score (nSPS) is 11.1. The molecule has 0 atom stereocenters. The number of H-pyrrole nitrogens is 2. The molecular formula is C15H16N4O2. The van der Waals surface area contributed by atoms with Crippen LogP contribution in [0.25, 0.3) is 21.8 Å². The fraction of sp³-hybridized carbons (Fsp3) is 0.200. The van der Waals surface area contributed by atoms with Gasteiger partial charge in [0.2, 0.25) is 0 Å². The standard InChI is InChI=1S/C15H16N4O2/c1-16-6-7-17-14(20)10-8-18-13-12(10)9-4-2-3-5-11(9)19-15(13)21/h2-5,8,16,18H,6-7H2,1H3,(H,17,20)(H,19,21). The van der Waals surface area contributed by atoms with Gasteiger partial charge >= 0.3 is 0 Å². The number of pyridine rings is 1. The minimum Gasteiger partial charge on any atom is -0.356 e. The molecule has 2 aromatic heterocycles. The van der Waals surface area contributed by atoms with Crippen LogP contribution in [0.1, 0.15) is 10.4 Å². The van der Waals surface area contributed by atoms with Crippen molar-refractivity contribution < 1.29 is 4.79 Å². The second-order valence-corrected chi connectivity index (χ2v) is 4.81. The fourth-order valence-electron chi connectivity index (χ4n) is 2.45. The number of carbonyl (C=O) groups is 1. The minimum absolute atomic E-state index is 0.188. The van der Waals surface area contributed by atoms with E-state index in [1.54, 1.807) is 6.20 Å². The summed E-state index contributed by atoms with van der Waals surface area (Å²) in [6.07, 6.45) is 1.58. The highest BCUT2D eigenvalue weighted by Crippen LogP contribution is 2.24. The first-order valence-corrected chi connectivity index (χ1v) is 6.77. The van der Waals surface area contributed by atoms with Crippen LogP contribution in [0.2, 0.25) is 0 Å². The Labute approximate surface area is 120 Å². The Morgan fingerprint density at radius 2 is 2.05 bits per heavy atom. The molecule has 108 valence electrons. The number of carbonyl (C=O) groups excluding carboxylic acids is 1. The van der Waals surface area contributed by atoms with E-state index in [1.165, 1.54) is 0 Å². The lowest BCUT2D eigenvalue weighted by Crippen LogP contribution is -2.30. The molecule has 1 aromatic carbocycles. The molecule has 0 saturated heterocycles. The van der Waals surface area contributed by atoms with Crippen molar-refractivity contribution in [1.29, 1.82) is 0 Å². The number of para-hydroxylation sites is 1. The Morgan fingerprint density at radius 3 is 2.86 bits per heavy atom. The van der Waals surface area contributed by atoms with Crippen LogP contribution < -0.4 is 16.2 Å². The molecule has 0 aliphatic heterocycles. The largest absolute Gasteiger partial charge is 0.356 e. The summed E-state index contributed by atoms with van der Waals surface area (Å²) in [5, 5.41) is 7.31. The second kappa shape index (κ2) is 5.41.